The van der Waals surface area contributed by atoms with Crippen molar-refractivity contribution < 1.29 is 18.7 Å². The van der Waals surface area contributed by atoms with Crippen LogP contribution in [0.2, 0.25) is 0 Å². The number of benzene rings is 1. The molecule has 9 nitrogen and oxygen atoms in total. The summed E-state index contributed by atoms with van der Waals surface area (Å²) in [6.45, 7) is 0.472. The molecule has 0 radical (unpaired) electrons. The van der Waals surface area contributed by atoms with Gasteiger partial charge in [-0.05, 0) is 43.2 Å². The number of nitrogens with zero attached hydrogens (tertiary/aromatic N) is 5. The van der Waals surface area contributed by atoms with E-state index in [-0.39, 0.29) is 24.2 Å². The van der Waals surface area contributed by atoms with Crippen LogP contribution < -0.4 is 10.1 Å². The molecule has 1 aliphatic carbocycles. The average molecular weight is 493 g/mol. The number of hydrogen-bond donors (Lipinski definition) is 1. The third kappa shape index (κ3) is 4.93. The lowest BCUT2D eigenvalue weighted by Crippen LogP contribution is -2.47. The molecule has 0 bridgehead atoms. The molecule has 2 atom stereocenters. The number of aromatic nitrogens is 4. The molecule has 1 saturated carbocycles. The van der Waals surface area contributed by atoms with Crippen molar-refractivity contribution in [1.82, 2.24) is 30.0 Å². The van der Waals surface area contributed by atoms with Gasteiger partial charge >= 0.3 is 6.01 Å². The van der Waals surface area contributed by atoms with E-state index in [1.54, 1.807) is 24.1 Å². The monoisotopic (exact) mass is 492 g/mol. The molecule has 5 rings (SSSR count). The van der Waals surface area contributed by atoms with E-state index >= 15 is 0 Å². The van der Waals surface area contributed by atoms with Gasteiger partial charge in [0.25, 0.3) is 0 Å². The molecule has 188 valence electrons. The summed E-state index contributed by atoms with van der Waals surface area (Å²) in [5, 5.41) is 7.25. The Morgan fingerprint density at radius 3 is 2.58 bits per heavy atom. The fourth-order valence-corrected chi connectivity index (χ4v) is 4.78. The highest BCUT2D eigenvalue weighted by atomic mass is 19.1. The van der Waals surface area contributed by atoms with Gasteiger partial charge in [-0.2, -0.15) is 14.5 Å². The molecule has 0 spiro atoms. The van der Waals surface area contributed by atoms with Crippen LogP contribution in [0.3, 0.4) is 0 Å². The van der Waals surface area contributed by atoms with Gasteiger partial charge in [0.1, 0.15) is 6.04 Å². The minimum atomic E-state index is -0.638. The van der Waals surface area contributed by atoms with Gasteiger partial charge in [-0.15, -0.1) is 0 Å². The molecule has 1 aromatic carbocycles. The first-order valence-corrected chi connectivity index (χ1v) is 12.2. The van der Waals surface area contributed by atoms with Gasteiger partial charge in [0, 0.05) is 19.2 Å². The first-order valence-electron chi connectivity index (χ1n) is 12.2. The molecule has 2 aromatic heterocycles. The van der Waals surface area contributed by atoms with Crippen LogP contribution in [0.25, 0.3) is 0 Å². The van der Waals surface area contributed by atoms with Gasteiger partial charge < -0.3 is 15.0 Å². The van der Waals surface area contributed by atoms with Crippen molar-refractivity contribution in [3.63, 3.8) is 0 Å². The number of carbonyl (C=O) groups is 2. The predicted molar refractivity (Wildman–Crippen MR) is 129 cm³/mol. The Morgan fingerprint density at radius 1 is 1.14 bits per heavy atom. The highest BCUT2D eigenvalue weighted by Gasteiger charge is 2.36. The van der Waals surface area contributed by atoms with Crippen molar-refractivity contribution in [3.8, 4) is 6.01 Å². The second-order valence-corrected chi connectivity index (χ2v) is 9.30. The van der Waals surface area contributed by atoms with Crippen molar-refractivity contribution in [3.05, 3.63) is 71.1 Å². The number of halogens is 1. The molecule has 1 saturated heterocycles. The molecular weight excluding hydrogens is 463 g/mol. The van der Waals surface area contributed by atoms with Crippen molar-refractivity contribution >= 4 is 11.8 Å². The summed E-state index contributed by atoms with van der Waals surface area (Å²) >= 11 is 0. The topological polar surface area (TPSA) is 102 Å². The zero-order valence-electron chi connectivity index (χ0n) is 20.4. The quantitative estimate of drug-likeness (QED) is 0.485. The minimum Gasteiger partial charge on any atom is -0.467 e. The lowest BCUT2D eigenvalue weighted by Gasteiger charge is -2.26. The van der Waals surface area contributed by atoms with Crippen molar-refractivity contribution in [1.29, 1.82) is 0 Å². The number of pyridine rings is 1. The smallest absolute Gasteiger partial charge is 0.314 e. The van der Waals surface area contributed by atoms with Crippen molar-refractivity contribution in [2.45, 2.75) is 50.1 Å². The van der Waals surface area contributed by atoms with Gasteiger partial charge in [-0.1, -0.05) is 36.4 Å². The number of hydrogen-bond acceptors (Lipinski definition) is 6. The van der Waals surface area contributed by atoms with Crippen LogP contribution in [0.15, 0.2) is 42.5 Å². The Balaban J connectivity index is 1.34. The molecule has 0 unspecified atom stereocenters. The minimum absolute atomic E-state index is 0.0293. The van der Waals surface area contributed by atoms with E-state index in [0.29, 0.717) is 42.5 Å². The Bertz CT molecular complexity index is 1260. The molecule has 1 N–H and O–H groups in total. The maximum atomic E-state index is 14.8. The van der Waals surface area contributed by atoms with Crippen LogP contribution >= 0.6 is 0 Å². The van der Waals surface area contributed by atoms with Crippen LogP contribution in [-0.2, 0) is 23.1 Å². The Kier molecular flexibility index (Phi) is 6.67. The van der Waals surface area contributed by atoms with E-state index in [4.69, 9.17) is 4.74 Å². The molecule has 2 aliphatic rings. The van der Waals surface area contributed by atoms with Crippen LogP contribution in [-0.4, -0.2) is 56.2 Å². The zero-order valence-corrected chi connectivity index (χ0v) is 20.4. The molecule has 36 heavy (non-hydrogen) atoms. The van der Waals surface area contributed by atoms with Gasteiger partial charge in [0.2, 0.25) is 17.8 Å². The summed E-state index contributed by atoms with van der Waals surface area (Å²) in [6, 6.07) is 11.9. The van der Waals surface area contributed by atoms with Gasteiger partial charge in [0.15, 0.2) is 5.82 Å². The van der Waals surface area contributed by atoms with Gasteiger partial charge in [-0.3, -0.25) is 9.59 Å². The number of ether oxygens (including phenoxy) is 1. The first kappa shape index (κ1) is 23.9. The van der Waals surface area contributed by atoms with Crippen LogP contribution in [0, 0.1) is 5.95 Å². The summed E-state index contributed by atoms with van der Waals surface area (Å²) in [4.78, 5) is 36.5. The molecule has 3 heterocycles. The number of likely N-dealkylation sites (tertiary alicyclic amines) is 1. The lowest BCUT2D eigenvalue weighted by atomic mass is 10.0. The number of nitrogens with one attached hydrogen (secondary N) is 1. The van der Waals surface area contributed by atoms with E-state index in [9.17, 15) is 14.0 Å². The SMILES string of the molecule is COc1nc(CC(=O)N2CCC[C@H]2C(=O)N[C@@H](c2ccccc2)c2ccc(C3CC3)c(F)n2)nn1C. The summed E-state index contributed by atoms with van der Waals surface area (Å²) in [7, 11) is 3.17. The fourth-order valence-electron chi connectivity index (χ4n) is 4.78. The number of methoxy groups -OCH3 is 1. The van der Waals surface area contributed by atoms with Crippen molar-refractivity contribution in [2.24, 2.45) is 7.05 Å². The third-order valence-corrected chi connectivity index (χ3v) is 6.77. The Labute approximate surface area is 208 Å². The van der Waals surface area contributed by atoms with Gasteiger partial charge in [-0.25, -0.2) is 9.67 Å². The number of amides is 2. The lowest BCUT2D eigenvalue weighted by molar-refractivity contribution is -0.138. The summed E-state index contributed by atoms with van der Waals surface area (Å²) < 4.78 is 21.4. The molecular formula is C26H29FN6O3. The zero-order chi connectivity index (χ0) is 25.2. The fraction of sp³-hybridized carbons (Fsp3) is 0.423. The Hall–Kier alpha value is -3.82. The number of rotatable bonds is 8. The number of carbonyl (C=O) groups excluding carboxylic acids is 2. The van der Waals surface area contributed by atoms with Crippen LogP contribution in [0.1, 0.15) is 60.3 Å². The maximum absolute atomic E-state index is 14.8. The third-order valence-electron chi connectivity index (χ3n) is 6.77. The predicted octanol–water partition coefficient (Wildman–Crippen LogP) is 2.67. The van der Waals surface area contributed by atoms with E-state index < -0.39 is 18.0 Å². The average Bonchev–Trinajstić information content (AvgIpc) is 3.48. The summed E-state index contributed by atoms with van der Waals surface area (Å²) in [6.07, 6.45) is 3.17. The summed E-state index contributed by atoms with van der Waals surface area (Å²) in [5.74, 6) is -0.433. The maximum Gasteiger partial charge on any atom is 0.314 e. The molecule has 10 heteroatoms. The second-order valence-electron chi connectivity index (χ2n) is 9.30. The highest BCUT2D eigenvalue weighted by molar-refractivity contribution is 5.89. The van der Waals surface area contributed by atoms with Crippen molar-refractivity contribution in [2.75, 3.05) is 13.7 Å². The normalized spacial score (nSPS) is 18.2. The van der Waals surface area contributed by atoms with Crippen LogP contribution in [0.5, 0.6) is 6.01 Å². The standard InChI is InChI=1S/C26H29FN6O3/c1-32-26(36-2)29-21(31-32)15-22(34)33-14-6-9-20(33)25(35)30-23(17-7-4-3-5-8-17)19-13-12-18(16-10-11-16)24(27)28-19/h3-5,7-8,12-13,16,20,23H,6,9-11,14-15H2,1-2H3,(H,30,35)/t20-,23-/m0/s1. The Morgan fingerprint density at radius 2 is 1.92 bits per heavy atom. The first-order chi connectivity index (χ1) is 17.4. The molecule has 3 aromatic rings. The summed E-state index contributed by atoms with van der Waals surface area (Å²) in [5.41, 5.74) is 1.85. The molecule has 2 amide bonds. The number of aryl methyl sites for hydroxylation is 1. The second kappa shape index (κ2) is 10.0. The van der Waals surface area contributed by atoms with E-state index in [2.05, 4.69) is 20.4 Å². The molecule has 1 aliphatic heterocycles. The molecule has 2 fully saturated rings. The van der Waals surface area contributed by atoms with E-state index in [1.807, 2.05) is 30.3 Å². The largest absolute Gasteiger partial charge is 0.467 e. The van der Waals surface area contributed by atoms with E-state index in [1.165, 1.54) is 11.8 Å². The van der Waals surface area contributed by atoms with Crippen LogP contribution in [0.4, 0.5) is 4.39 Å². The van der Waals surface area contributed by atoms with Gasteiger partial charge in [0.05, 0.1) is 25.3 Å². The van der Waals surface area contributed by atoms with E-state index in [0.717, 1.165) is 18.4 Å². The highest BCUT2D eigenvalue weighted by Crippen LogP contribution is 2.41.